The zero-order valence-corrected chi connectivity index (χ0v) is 12.3. The zero-order valence-electron chi connectivity index (χ0n) is 12.3. The Bertz CT molecular complexity index is 726. The Kier molecular flexibility index (Phi) is 4.29. The molecule has 0 aliphatic rings. The van der Waals surface area contributed by atoms with Crippen LogP contribution in [0.15, 0.2) is 55.0 Å². The highest BCUT2D eigenvalue weighted by Gasteiger charge is 2.05. The molecule has 1 N–H and O–H groups in total. The van der Waals surface area contributed by atoms with Gasteiger partial charge in [-0.25, -0.2) is 9.97 Å². The van der Waals surface area contributed by atoms with Gasteiger partial charge in [-0.15, -0.1) is 0 Å². The lowest BCUT2D eigenvalue weighted by Crippen LogP contribution is -2.11. The Labute approximate surface area is 128 Å². The number of rotatable bonds is 6. The molecule has 0 atom stereocenters. The molecule has 6 nitrogen and oxygen atoms in total. The van der Waals surface area contributed by atoms with E-state index in [4.69, 9.17) is 4.74 Å². The van der Waals surface area contributed by atoms with Crippen molar-refractivity contribution in [1.82, 2.24) is 19.5 Å². The number of nitrogens with zero attached hydrogens (tertiary/aromatic N) is 4. The van der Waals surface area contributed by atoms with E-state index in [0.717, 1.165) is 12.4 Å². The molecule has 3 rings (SSSR count). The van der Waals surface area contributed by atoms with Crippen molar-refractivity contribution < 1.29 is 4.74 Å². The number of ether oxygens (including phenoxy) is 1. The zero-order chi connectivity index (χ0) is 15.2. The fourth-order valence-electron chi connectivity index (χ4n) is 2.13. The van der Waals surface area contributed by atoms with Gasteiger partial charge in [-0.3, -0.25) is 0 Å². The molecule has 6 heteroatoms. The van der Waals surface area contributed by atoms with Crippen LogP contribution >= 0.6 is 0 Å². The van der Waals surface area contributed by atoms with Crippen LogP contribution in [0.5, 0.6) is 5.88 Å². The highest BCUT2D eigenvalue weighted by Crippen LogP contribution is 2.10. The minimum absolute atomic E-state index is 0.522. The van der Waals surface area contributed by atoms with Gasteiger partial charge in [0.1, 0.15) is 5.82 Å². The minimum Gasteiger partial charge on any atom is -0.481 e. The van der Waals surface area contributed by atoms with E-state index < -0.39 is 0 Å². The van der Waals surface area contributed by atoms with Crippen LogP contribution in [0.2, 0.25) is 0 Å². The number of hydrogen-bond donors (Lipinski definition) is 1. The Hall–Kier alpha value is -2.89. The number of benzene rings is 1. The lowest BCUT2D eigenvalue weighted by Gasteiger charge is -2.09. The number of hydrogen-bond acceptors (Lipinski definition) is 5. The lowest BCUT2D eigenvalue weighted by molar-refractivity contribution is 0.397. The van der Waals surface area contributed by atoms with Crippen LogP contribution in [0.4, 0.5) is 5.95 Å². The van der Waals surface area contributed by atoms with Crippen LogP contribution in [0.3, 0.4) is 0 Å². The van der Waals surface area contributed by atoms with Crippen LogP contribution in [0, 0.1) is 0 Å². The average molecular weight is 295 g/mol. The van der Waals surface area contributed by atoms with Crippen molar-refractivity contribution in [3.05, 3.63) is 66.4 Å². The molecule has 22 heavy (non-hydrogen) atoms. The van der Waals surface area contributed by atoms with Gasteiger partial charge >= 0.3 is 0 Å². The number of anilines is 1. The molecule has 0 saturated carbocycles. The van der Waals surface area contributed by atoms with E-state index >= 15 is 0 Å². The summed E-state index contributed by atoms with van der Waals surface area (Å²) in [6.45, 7) is 1.34. The summed E-state index contributed by atoms with van der Waals surface area (Å²) in [5.41, 5.74) is 1.24. The van der Waals surface area contributed by atoms with Crippen LogP contribution in [-0.2, 0) is 13.1 Å². The van der Waals surface area contributed by atoms with E-state index in [-0.39, 0.29) is 0 Å². The molecule has 0 spiro atoms. The van der Waals surface area contributed by atoms with E-state index in [9.17, 15) is 0 Å². The molecule has 0 aliphatic heterocycles. The second-order valence-electron chi connectivity index (χ2n) is 4.73. The van der Waals surface area contributed by atoms with E-state index in [0.29, 0.717) is 18.4 Å². The first-order valence-electron chi connectivity index (χ1n) is 7.00. The fourth-order valence-corrected chi connectivity index (χ4v) is 2.13. The van der Waals surface area contributed by atoms with Gasteiger partial charge < -0.3 is 14.6 Å². The van der Waals surface area contributed by atoms with Crippen LogP contribution < -0.4 is 10.1 Å². The Balaban J connectivity index is 1.67. The molecule has 2 aromatic heterocycles. The van der Waals surface area contributed by atoms with Gasteiger partial charge in [0.2, 0.25) is 11.8 Å². The third-order valence-corrected chi connectivity index (χ3v) is 3.24. The Morgan fingerprint density at radius 3 is 2.77 bits per heavy atom. The molecule has 0 unspecified atom stereocenters. The smallest absolute Gasteiger partial charge is 0.226 e. The Morgan fingerprint density at radius 2 is 1.95 bits per heavy atom. The molecule has 3 aromatic rings. The van der Waals surface area contributed by atoms with Gasteiger partial charge in [-0.2, -0.15) is 4.98 Å². The first kappa shape index (κ1) is 14.1. The monoisotopic (exact) mass is 295 g/mol. The van der Waals surface area contributed by atoms with E-state index in [2.05, 4.69) is 37.0 Å². The van der Waals surface area contributed by atoms with Gasteiger partial charge in [0.15, 0.2) is 0 Å². The number of imidazole rings is 1. The highest BCUT2D eigenvalue weighted by atomic mass is 16.5. The van der Waals surface area contributed by atoms with Crippen molar-refractivity contribution in [2.24, 2.45) is 0 Å². The average Bonchev–Trinajstić information content (AvgIpc) is 3.01. The summed E-state index contributed by atoms with van der Waals surface area (Å²) >= 11 is 0. The van der Waals surface area contributed by atoms with Crippen LogP contribution in [0.1, 0.15) is 11.4 Å². The van der Waals surface area contributed by atoms with Gasteiger partial charge in [0.05, 0.1) is 13.7 Å². The number of nitrogens with one attached hydrogen (secondary N) is 1. The maximum Gasteiger partial charge on any atom is 0.226 e. The molecule has 2 heterocycles. The fraction of sp³-hybridized carbons (Fsp3) is 0.188. The SMILES string of the molecule is COc1ccnc(NCc2nccn2Cc2ccccc2)n1. The van der Waals surface area contributed by atoms with Crippen molar-refractivity contribution in [2.75, 3.05) is 12.4 Å². The predicted octanol–water partition coefficient (Wildman–Crippen LogP) is 2.34. The Morgan fingerprint density at radius 1 is 1.09 bits per heavy atom. The summed E-state index contributed by atoms with van der Waals surface area (Å²) in [7, 11) is 1.58. The first-order valence-corrected chi connectivity index (χ1v) is 7.00. The summed E-state index contributed by atoms with van der Waals surface area (Å²) < 4.78 is 7.18. The normalized spacial score (nSPS) is 10.4. The van der Waals surface area contributed by atoms with Crippen molar-refractivity contribution in [2.45, 2.75) is 13.1 Å². The van der Waals surface area contributed by atoms with Crippen LogP contribution in [0.25, 0.3) is 0 Å². The van der Waals surface area contributed by atoms with Crippen molar-refractivity contribution in [1.29, 1.82) is 0 Å². The molecule has 0 aliphatic carbocycles. The molecule has 1 aromatic carbocycles. The summed E-state index contributed by atoms with van der Waals surface area (Å²) in [4.78, 5) is 12.8. The highest BCUT2D eigenvalue weighted by molar-refractivity contribution is 5.28. The van der Waals surface area contributed by atoms with Gasteiger partial charge in [-0.1, -0.05) is 30.3 Å². The maximum atomic E-state index is 5.08. The molecule has 0 amide bonds. The quantitative estimate of drug-likeness (QED) is 0.756. The molecular formula is C16H17N5O. The number of aromatic nitrogens is 4. The summed E-state index contributed by atoms with van der Waals surface area (Å²) in [5, 5.41) is 3.16. The van der Waals surface area contributed by atoms with Gasteiger partial charge in [0.25, 0.3) is 0 Å². The summed E-state index contributed by atoms with van der Waals surface area (Å²) in [6.07, 6.45) is 5.42. The first-order chi connectivity index (χ1) is 10.8. The summed E-state index contributed by atoms with van der Waals surface area (Å²) in [5.74, 6) is 1.98. The van der Waals surface area contributed by atoms with Crippen molar-refractivity contribution in [3.8, 4) is 5.88 Å². The van der Waals surface area contributed by atoms with Gasteiger partial charge in [0, 0.05) is 31.2 Å². The number of methoxy groups -OCH3 is 1. The maximum absolute atomic E-state index is 5.08. The lowest BCUT2D eigenvalue weighted by atomic mass is 10.2. The molecule has 112 valence electrons. The second-order valence-corrected chi connectivity index (χ2v) is 4.73. The van der Waals surface area contributed by atoms with Crippen molar-refractivity contribution >= 4 is 5.95 Å². The standard InChI is InChI=1S/C16H17N5O/c1-22-15-7-8-18-16(20-15)19-11-14-17-9-10-21(14)12-13-5-3-2-4-6-13/h2-10H,11-12H2,1H3,(H,18,19,20). The van der Waals surface area contributed by atoms with Gasteiger partial charge in [-0.05, 0) is 5.56 Å². The molecular weight excluding hydrogens is 278 g/mol. The molecule has 0 radical (unpaired) electrons. The minimum atomic E-state index is 0.522. The van der Waals surface area contributed by atoms with E-state index in [1.807, 2.05) is 24.4 Å². The van der Waals surface area contributed by atoms with E-state index in [1.54, 1.807) is 25.6 Å². The van der Waals surface area contributed by atoms with Crippen LogP contribution in [-0.4, -0.2) is 26.6 Å². The topological polar surface area (TPSA) is 64.9 Å². The predicted molar refractivity (Wildman–Crippen MR) is 83.7 cm³/mol. The molecule has 0 fully saturated rings. The van der Waals surface area contributed by atoms with Crippen molar-refractivity contribution in [3.63, 3.8) is 0 Å². The second kappa shape index (κ2) is 6.71. The third-order valence-electron chi connectivity index (χ3n) is 3.24. The molecule has 0 saturated heterocycles. The molecule has 0 bridgehead atoms. The van der Waals surface area contributed by atoms with E-state index in [1.165, 1.54) is 5.56 Å². The summed E-state index contributed by atoms with van der Waals surface area (Å²) in [6, 6.07) is 12.0. The third kappa shape index (κ3) is 3.41. The largest absolute Gasteiger partial charge is 0.481 e.